The fraction of sp³-hybridized carbons (Fsp3) is 0. The van der Waals surface area contributed by atoms with E-state index in [0.29, 0.717) is 0 Å². The molecule has 13 valence electrons. The molecule has 0 unspecified atom stereocenters. The van der Waals surface area contributed by atoms with Crippen molar-refractivity contribution in [2.24, 2.45) is 0 Å². The zero-order valence-electron chi connectivity index (χ0n) is 2.07. The molecular formula is AlMnOZn+5. The van der Waals surface area contributed by atoms with E-state index >= 15 is 0 Å². The summed E-state index contributed by atoms with van der Waals surface area (Å²) in [6, 6.07) is 0. The summed E-state index contributed by atoms with van der Waals surface area (Å²) in [5.41, 5.74) is 0. The van der Waals surface area contributed by atoms with Gasteiger partial charge in [-0.2, -0.15) is 0 Å². The van der Waals surface area contributed by atoms with Crippen LogP contribution in [0.2, 0.25) is 0 Å². The molecule has 0 rings (SSSR count). The van der Waals surface area contributed by atoms with Crippen LogP contribution < -0.4 is 0 Å². The first-order chi connectivity index (χ1) is 0. The van der Waals surface area contributed by atoms with Crippen LogP contribution >= 0.6 is 0 Å². The molecule has 0 aromatic carbocycles. The second-order valence-corrected chi connectivity index (χ2v) is 0. The third kappa shape index (κ3) is 9.44. The van der Waals surface area contributed by atoms with Crippen LogP contribution in [0.25, 0.3) is 0 Å². The fourth-order valence-electron chi connectivity index (χ4n) is 0. The summed E-state index contributed by atoms with van der Waals surface area (Å²) < 4.78 is 0. The molecule has 0 aliphatic carbocycles. The van der Waals surface area contributed by atoms with Gasteiger partial charge in [-0.15, -0.1) is 0 Å². The Bertz CT molecular complexity index is 8.00. The molecule has 1 radical (unpaired) electrons. The molecule has 0 saturated carbocycles. The molecule has 0 aliphatic heterocycles. The van der Waals surface area contributed by atoms with E-state index in [9.17, 15) is 0 Å². The van der Waals surface area contributed by atoms with Gasteiger partial charge in [0.1, 0.15) is 0 Å². The molecule has 0 heterocycles. The van der Waals surface area contributed by atoms with Crippen molar-refractivity contribution < 1.29 is 42.0 Å². The van der Waals surface area contributed by atoms with Crippen LogP contribution in [0, 0.1) is 0 Å². The molecule has 0 bridgehead atoms. The smallest absolute Gasteiger partial charge is 2.00 e. The Balaban J connectivity index is 0. The minimum atomic E-state index is 0. The quantitative estimate of drug-likeness (QED) is 0.431. The van der Waals surface area contributed by atoms with Crippen molar-refractivity contribution in [2.45, 2.75) is 0 Å². The van der Waals surface area contributed by atoms with E-state index < -0.39 is 0 Å². The normalized spacial score (nSPS) is 0. The fourth-order valence-corrected chi connectivity index (χ4v) is 0. The predicted octanol–water partition coefficient (Wildman–Crippen LogP) is -0.505. The van der Waals surface area contributed by atoms with Gasteiger partial charge in [-0.3, -0.25) is 0 Å². The topological polar surface area (TPSA) is 28.5 Å². The van der Waals surface area contributed by atoms with Crippen LogP contribution in [0.5, 0.6) is 0 Å². The monoisotopic (exact) mass is 162 g/mol. The van der Waals surface area contributed by atoms with Crippen LogP contribution in [-0.4, -0.2) is 17.4 Å². The van der Waals surface area contributed by atoms with Crippen LogP contribution in [0.3, 0.4) is 0 Å². The Morgan fingerprint density at radius 1 is 1.00 bits per heavy atom. The minimum Gasteiger partial charge on any atom is -2.00 e. The first kappa shape index (κ1) is 45.3. The summed E-state index contributed by atoms with van der Waals surface area (Å²) in [4.78, 5) is 0. The summed E-state index contributed by atoms with van der Waals surface area (Å²) in [5.74, 6) is 0. The first-order valence-corrected chi connectivity index (χ1v) is 0. The van der Waals surface area contributed by atoms with Crippen LogP contribution in [-0.2, 0) is 42.0 Å². The maximum Gasteiger partial charge on any atom is 3.00 e. The van der Waals surface area contributed by atoms with E-state index in [4.69, 9.17) is 0 Å². The van der Waals surface area contributed by atoms with Crippen LogP contribution in [0.15, 0.2) is 0 Å². The van der Waals surface area contributed by atoms with E-state index in [0.717, 1.165) is 0 Å². The third-order valence-electron chi connectivity index (χ3n) is 0. The standard InChI is InChI=1S/Al.Mn.O.Zn/q+3;+2;-2;+2. The molecule has 0 aromatic heterocycles. The Morgan fingerprint density at radius 2 is 1.00 bits per heavy atom. The van der Waals surface area contributed by atoms with Crippen molar-refractivity contribution in [3.05, 3.63) is 0 Å². The van der Waals surface area contributed by atoms with Crippen LogP contribution in [0.1, 0.15) is 0 Å². The maximum atomic E-state index is 0. The summed E-state index contributed by atoms with van der Waals surface area (Å²) in [6.45, 7) is 0. The number of rotatable bonds is 0. The van der Waals surface area contributed by atoms with Crippen molar-refractivity contribution >= 4 is 17.4 Å². The van der Waals surface area contributed by atoms with Crippen LogP contribution in [0.4, 0.5) is 0 Å². The SMILES string of the molecule is [Al+3].[Mn+2].[O-2].[Zn+2]. The Morgan fingerprint density at radius 3 is 1.00 bits per heavy atom. The Labute approximate surface area is 59.2 Å². The van der Waals surface area contributed by atoms with Gasteiger partial charge in [0.2, 0.25) is 0 Å². The van der Waals surface area contributed by atoms with Gasteiger partial charge >= 0.3 is 53.9 Å². The average Bonchev–Trinajstić information content (AvgIpc) is 0. The van der Waals surface area contributed by atoms with Gasteiger partial charge in [0, 0.05) is 0 Å². The second kappa shape index (κ2) is 22.9. The van der Waals surface area contributed by atoms with Gasteiger partial charge < -0.3 is 5.48 Å². The van der Waals surface area contributed by atoms with Gasteiger partial charge in [-0.1, -0.05) is 0 Å². The third-order valence-corrected chi connectivity index (χ3v) is 0. The maximum absolute atomic E-state index is 0. The summed E-state index contributed by atoms with van der Waals surface area (Å²) in [5, 5.41) is 0. The molecule has 0 N–H and O–H groups in total. The van der Waals surface area contributed by atoms with Crippen molar-refractivity contribution in [1.82, 2.24) is 0 Å². The molecule has 4 heteroatoms. The Kier molecular flexibility index (Phi) is 259. The van der Waals surface area contributed by atoms with Gasteiger partial charge in [0.05, 0.1) is 0 Å². The number of hydrogen-bond acceptors (Lipinski definition) is 0. The zero-order valence-corrected chi connectivity index (χ0v) is 7.37. The molecule has 0 aromatic rings. The summed E-state index contributed by atoms with van der Waals surface area (Å²) in [6.07, 6.45) is 0. The van der Waals surface area contributed by atoms with E-state index in [-0.39, 0.29) is 59.4 Å². The first-order valence-electron chi connectivity index (χ1n) is 0. The van der Waals surface area contributed by atoms with Gasteiger partial charge in [-0.25, -0.2) is 0 Å². The molecule has 0 aliphatic rings. The molecule has 0 amide bonds. The second-order valence-electron chi connectivity index (χ2n) is 0. The van der Waals surface area contributed by atoms with E-state index in [1.54, 1.807) is 0 Å². The largest absolute Gasteiger partial charge is 3.00 e. The average molecular weight is 163 g/mol. The summed E-state index contributed by atoms with van der Waals surface area (Å²) >= 11 is 0. The van der Waals surface area contributed by atoms with E-state index in [2.05, 4.69) is 0 Å². The van der Waals surface area contributed by atoms with Crippen molar-refractivity contribution in [1.29, 1.82) is 0 Å². The molecule has 0 atom stereocenters. The summed E-state index contributed by atoms with van der Waals surface area (Å²) in [7, 11) is 0. The predicted molar refractivity (Wildman–Crippen MR) is 6.44 cm³/mol. The molecule has 1 nitrogen and oxygen atoms in total. The zero-order chi connectivity index (χ0) is 0. The van der Waals surface area contributed by atoms with E-state index in [1.807, 2.05) is 0 Å². The van der Waals surface area contributed by atoms with Gasteiger partial charge in [0.15, 0.2) is 0 Å². The van der Waals surface area contributed by atoms with Crippen molar-refractivity contribution in [3.63, 3.8) is 0 Å². The molecule has 0 saturated heterocycles. The number of hydrogen-bond donors (Lipinski definition) is 0. The van der Waals surface area contributed by atoms with Gasteiger partial charge in [-0.05, 0) is 0 Å². The molecular weight excluding hydrogens is 163 g/mol. The van der Waals surface area contributed by atoms with Crippen molar-refractivity contribution in [3.8, 4) is 0 Å². The molecule has 4 heavy (non-hydrogen) atoms. The van der Waals surface area contributed by atoms with Gasteiger partial charge in [0.25, 0.3) is 0 Å². The Hall–Kier alpha value is 1.64. The van der Waals surface area contributed by atoms with Crippen molar-refractivity contribution in [2.75, 3.05) is 0 Å². The van der Waals surface area contributed by atoms with E-state index in [1.165, 1.54) is 0 Å². The molecule has 0 fully saturated rings. The minimum absolute atomic E-state index is 0. The molecule has 0 spiro atoms.